The van der Waals surface area contributed by atoms with Crippen molar-refractivity contribution in [3.05, 3.63) is 0 Å². The van der Waals surface area contributed by atoms with Gasteiger partial charge in [-0.1, -0.05) is 13.8 Å². The minimum Gasteiger partial charge on any atom is -0.396 e. The van der Waals surface area contributed by atoms with E-state index in [1.807, 2.05) is 4.90 Å². The number of rotatable bonds is 5. The Balaban J connectivity index is 2.18. The minimum atomic E-state index is 0.202. The van der Waals surface area contributed by atoms with Gasteiger partial charge in [0.15, 0.2) is 0 Å². The van der Waals surface area contributed by atoms with Crippen molar-refractivity contribution in [1.82, 2.24) is 10.2 Å². The van der Waals surface area contributed by atoms with Crippen molar-refractivity contribution in [3.63, 3.8) is 0 Å². The van der Waals surface area contributed by atoms with Crippen LogP contribution < -0.4 is 5.32 Å². The van der Waals surface area contributed by atoms with E-state index in [9.17, 15) is 4.79 Å². The molecule has 1 aliphatic rings. The normalized spacial score (nSPS) is 21.3. The number of likely N-dealkylation sites (tertiary alicyclic amines) is 1. The van der Waals surface area contributed by atoms with Crippen molar-refractivity contribution in [2.24, 2.45) is 5.92 Å². The van der Waals surface area contributed by atoms with Crippen LogP contribution in [-0.2, 0) is 4.79 Å². The van der Waals surface area contributed by atoms with E-state index < -0.39 is 0 Å². The van der Waals surface area contributed by atoms with Crippen molar-refractivity contribution < 1.29 is 9.90 Å². The molecule has 1 amide bonds. The second-order valence-corrected chi connectivity index (χ2v) is 4.54. The molecule has 4 nitrogen and oxygen atoms in total. The molecule has 4 heteroatoms. The number of amides is 1. The van der Waals surface area contributed by atoms with Crippen molar-refractivity contribution in [1.29, 1.82) is 0 Å². The van der Waals surface area contributed by atoms with E-state index in [1.165, 1.54) is 0 Å². The van der Waals surface area contributed by atoms with E-state index in [0.29, 0.717) is 18.4 Å². The number of carbonyl (C=O) groups excluding carboxylic acids is 1. The number of hydrogen-bond donors (Lipinski definition) is 2. The monoisotopic (exact) mass is 214 g/mol. The Morgan fingerprint density at radius 2 is 2.33 bits per heavy atom. The van der Waals surface area contributed by atoms with Gasteiger partial charge in [-0.3, -0.25) is 4.79 Å². The van der Waals surface area contributed by atoms with E-state index in [4.69, 9.17) is 5.11 Å². The summed E-state index contributed by atoms with van der Waals surface area (Å²) in [6.45, 7) is 6.64. The number of aliphatic hydroxyl groups excluding tert-OH is 1. The third kappa shape index (κ3) is 4.18. The lowest BCUT2D eigenvalue weighted by Gasteiger charge is -2.16. The van der Waals surface area contributed by atoms with Gasteiger partial charge in [0, 0.05) is 44.6 Å². The molecule has 1 saturated heterocycles. The number of nitrogens with one attached hydrogen (secondary N) is 1. The highest BCUT2D eigenvalue weighted by Crippen LogP contribution is 2.15. The van der Waals surface area contributed by atoms with Gasteiger partial charge in [-0.25, -0.2) is 0 Å². The van der Waals surface area contributed by atoms with Gasteiger partial charge >= 0.3 is 0 Å². The third-order valence-corrected chi connectivity index (χ3v) is 2.79. The van der Waals surface area contributed by atoms with E-state index in [-0.39, 0.29) is 12.5 Å². The Bertz CT molecular complexity index is 207. The lowest BCUT2D eigenvalue weighted by Crippen LogP contribution is -2.33. The van der Waals surface area contributed by atoms with E-state index >= 15 is 0 Å². The average molecular weight is 214 g/mol. The van der Waals surface area contributed by atoms with Gasteiger partial charge in [0.1, 0.15) is 0 Å². The Morgan fingerprint density at radius 3 is 2.87 bits per heavy atom. The average Bonchev–Trinajstić information content (AvgIpc) is 2.65. The first-order valence-electron chi connectivity index (χ1n) is 5.75. The van der Waals surface area contributed by atoms with Gasteiger partial charge < -0.3 is 15.3 Å². The minimum absolute atomic E-state index is 0.202. The van der Waals surface area contributed by atoms with E-state index in [0.717, 1.165) is 26.1 Å². The van der Waals surface area contributed by atoms with Crippen LogP contribution in [0.4, 0.5) is 0 Å². The smallest absolute Gasteiger partial charge is 0.223 e. The number of aliphatic hydroxyl groups is 1. The summed E-state index contributed by atoms with van der Waals surface area (Å²) in [5.74, 6) is 0.506. The maximum atomic E-state index is 11.7. The Hall–Kier alpha value is -0.610. The molecule has 1 unspecified atom stereocenters. The zero-order valence-electron chi connectivity index (χ0n) is 9.70. The van der Waals surface area contributed by atoms with Crippen LogP contribution in [0.25, 0.3) is 0 Å². The van der Waals surface area contributed by atoms with Gasteiger partial charge in [-0.2, -0.15) is 0 Å². The summed E-state index contributed by atoms with van der Waals surface area (Å²) in [6.07, 6.45) is 1.51. The van der Waals surface area contributed by atoms with Crippen LogP contribution in [0.2, 0.25) is 0 Å². The second kappa shape index (κ2) is 6.08. The van der Waals surface area contributed by atoms with Crippen molar-refractivity contribution in [2.45, 2.75) is 32.7 Å². The number of carbonyl (C=O) groups is 1. The van der Waals surface area contributed by atoms with Crippen LogP contribution in [-0.4, -0.2) is 48.2 Å². The Kier molecular flexibility index (Phi) is 5.05. The molecule has 1 aliphatic heterocycles. The first-order valence-corrected chi connectivity index (χ1v) is 5.75. The predicted octanol–water partition coefficient (Wildman–Crippen LogP) is 0.215. The molecule has 1 rings (SSSR count). The predicted molar refractivity (Wildman–Crippen MR) is 59.5 cm³/mol. The van der Waals surface area contributed by atoms with Crippen LogP contribution in [0, 0.1) is 5.92 Å². The summed E-state index contributed by atoms with van der Waals surface area (Å²) in [4.78, 5) is 13.6. The lowest BCUT2D eigenvalue weighted by molar-refractivity contribution is -0.130. The van der Waals surface area contributed by atoms with Gasteiger partial charge in [0.05, 0.1) is 0 Å². The molecule has 0 saturated carbocycles. The molecular formula is C11H22N2O2. The van der Waals surface area contributed by atoms with Gasteiger partial charge in [-0.05, 0) is 6.42 Å². The molecule has 0 spiro atoms. The van der Waals surface area contributed by atoms with Crippen LogP contribution in [0.15, 0.2) is 0 Å². The Morgan fingerprint density at radius 1 is 1.60 bits per heavy atom. The molecule has 0 aromatic carbocycles. The molecule has 2 N–H and O–H groups in total. The SMILES string of the molecule is CC(C)NCCC(=O)N1CCC(CO)C1. The first-order chi connectivity index (χ1) is 7.13. The molecule has 0 bridgehead atoms. The highest BCUT2D eigenvalue weighted by atomic mass is 16.3. The topological polar surface area (TPSA) is 52.6 Å². The lowest BCUT2D eigenvalue weighted by atomic mass is 10.1. The fourth-order valence-corrected chi connectivity index (χ4v) is 1.83. The molecule has 15 heavy (non-hydrogen) atoms. The molecule has 0 aromatic rings. The highest BCUT2D eigenvalue weighted by Gasteiger charge is 2.24. The summed E-state index contributed by atoms with van der Waals surface area (Å²) in [5, 5.41) is 12.2. The molecule has 1 heterocycles. The molecule has 88 valence electrons. The van der Waals surface area contributed by atoms with Gasteiger partial charge in [0.2, 0.25) is 5.91 Å². The molecule has 1 fully saturated rings. The fraction of sp³-hybridized carbons (Fsp3) is 0.909. The maximum absolute atomic E-state index is 11.7. The van der Waals surface area contributed by atoms with Crippen LogP contribution in [0.5, 0.6) is 0 Å². The maximum Gasteiger partial charge on any atom is 0.223 e. The zero-order chi connectivity index (χ0) is 11.3. The van der Waals surface area contributed by atoms with Gasteiger partial charge in [0.25, 0.3) is 0 Å². The first kappa shape index (κ1) is 12.5. The summed E-state index contributed by atoms with van der Waals surface area (Å²) >= 11 is 0. The standard InChI is InChI=1S/C11H22N2O2/c1-9(2)12-5-3-11(15)13-6-4-10(7-13)8-14/h9-10,12,14H,3-8H2,1-2H3. The third-order valence-electron chi connectivity index (χ3n) is 2.79. The van der Waals surface area contributed by atoms with Crippen LogP contribution in [0.1, 0.15) is 26.7 Å². The van der Waals surface area contributed by atoms with Crippen LogP contribution in [0.3, 0.4) is 0 Å². The van der Waals surface area contributed by atoms with Crippen molar-refractivity contribution in [3.8, 4) is 0 Å². The molecule has 1 atom stereocenters. The zero-order valence-corrected chi connectivity index (χ0v) is 9.70. The van der Waals surface area contributed by atoms with Crippen molar-refractivity contribution >= 4 is 5.91 Å². The molecular weight excluding hydrogens is 192 g/mol. The van der Waals surface area contributed by atoms with Crippen LogP contribution >= 0.6 is 0 Å². The highest BCUT2D eigenvalue weighted by molar-refractivity contribution is 5.76. The molecule has 0 radical (unpaired) electrons. The Labute approximate surface area is 91.6 Å². The number of nitrogens with zero attached hydrogens (tertiary/aromatic N) is 1. The second-order valence-electron chi connectivity index (χ2n) is 4.54. The van der Waals surface area contributed by atoms with E-state index in [1.54, 1.807) is 0 Å². The van der Waals surface area contributed by atoms with Crippen molar-refractivity contribution in [2.75, 3.05) is 26.2 Å². The van der Waals surface area contributed by atoms with Gasteiger partial charge in [-0.15, -0.1) is 0 Å². The quantitative estimate of drug-likeness (QED) is 0.688. The van der Waals surface area contributed by atoms with E-state index in [2.05, 4.69) is 19.2 Å². The fourth-order valence-electron chi connectivity index (χ4n) is 1.83. The summed E-state index contributed by atoms with van der Waals surface area (Å²) in [5.41, 5.74) is 0. The molecule has 0 aromatic heterocycles. The number of hydrogen-bond acceptors (Lipinski definition) is 3. The summed E-state index contributed by atoms with van der Waals surface area (Å²) in [7, 11) is 0. The summed E-state index contributed by atoms with van der Waals surface area (Å²) in [6, 6.07) is 0.432. The summed E-state index contributed by atoms with van der Waals surface area (Å²) < 4.78 is 0. The molecule has 0 aliphatic carbocycles. The largest absolute Gasteiger partial charge is 0.396 e.